The Balaban J connectivity index is 1.54. The average molecular weight is 350 g/mol. The molecular weight excluding hydrogens is 328 g/mol. The van der Waals surface area contributed by atoms with E-state index in [1.165, 1.54) is 12.5 Å². The number of hydrogen-bond donors (Lipinski definition) is 1. The number of carbonyl (C=O) groups excluding carboxylic acids is 2. The van der Waals surface area contributed by atoms with Crippen molar-refractivity contribution in [2.75, 3.05) is 0 Å². The zero-order valence-corrected chi connectivity index (χ0v) is 14.7. The molecule has 1 N–H and O–H groups in total. The summed E-state index contributed by atoms with van der Waals surface area (Å²) in [6.07, 6.45) is 1.08. The van der Waals surface area contributed by atoms with Crippen LogP contribution in [0.15, 0.2) is 60.7 Å². The van der Waals surface area contributed by atoms with Gasteiger partial charge in [0.15, 0.2) is 0 Å². The Bertz CT molecular complexity index is 793. The van der Waals surface area contributed by atoms with Crippen LogP contribution in [0.3, 0.4) is 0 Å². The van der Waals surface area contributed by atoms with Gasteiger partial charge in [-0.2, -0.15) is 0 Å². The summed E-state index contributed by atoms with van der Waals surface area (Å²) in [4.78, 5) is 26.0. The van der Waals surface area contributed by atoms with Crippen LogP contribution < -0.4 is 5.32 Å². The number of fused-ring (bicyclic) bond motifs is 1. The van der Waals surface area contributed by atoms with Crippen molar-refractivity contribution in [2.45, 2.75) is 44.0 Å². The number of carbonyl (C=O) groups is 2. The minimum absolute atomic E-state index is 0.0541. The zero-order valence-electron chi connectivity index (χ0n) is 14.7. The minimum atomic E-state index is -0.334. The van der Waals surface area contributed by atoms with Crippen LogP contribution in [0.5, 0.6) is 0 Å². The maximum Gasteiger partial charge on any atom is 0.318 e. The van der Waals surface area contributed by atoms with Crippen LogP contribution in [0.4, 0.5) is 4.79 Å². The predicted molar refractivity (Wildman–Crippen MR) is 97.6 cm³/mol. The van der Waals surface area contributed by atoms with E-state index in [0.29, 0.717) is 6.42 Å². The van der Waals surface area contributed by atoms with E-state index in [1.807, 2.05) is 53.4 Å². The Kier molecular flexibility index (Phi) is 4.37. The molecule has 0 spiro atoms. The molecule has 2 aromatic rings. The number of esters is 1. The molecule has 2 aliphatic heterocycles. The van der Waals surface area contributed by atoms with Crippen molar-refractivity contribution < 1.29 is 14.3 Å². The van der Waals surface area contributed by atoms with Gasteiger partial charge in [0.1, 0.15) is 6.10 Å². The molecule has 2 heterocycles. The standard InChI is InChI=1S/C21H22N2O3/c1-14(24)26-20-17(12-15-8-4-2-5-9-15)22-21(25)23-18(19(20)23)13-16-10-6-3-7-11-16/h2-11,17-20H,12-13H2,1H3,(H,22,25)/t17-,18?,19-,20+,23?/m1/s1. The largest absolute Gasteiger partial charge is 0.458 e. The molecule has 2 aliphatic rings. The van der Waals surface area contributed by atoms with E-state index in [9.17, 15) is 9.59 Å². The fraction of sp³-hybridized carbons (Fsp3) is 0.333. The second-order valence-electron chi connectivity index (χ2n) is 6.97. The lowest BCUT2D eigenvalue weighted by atomic mass is 9.96. The predicted octanol–water partition coefficient (Wildman–Crippen LogP) is 2.55. The molecule has 5 heteroatoms. The van der Waals surface area contributed by atoms with Crippen molar-refractivity contribution in [2.24, 2.45) is 0 Å². The second-order valence-corrected chi connectivity index (χ2v) is 6.97. The van der Waals surface area contributed by atoms with E-state index < -0.39 is 0 Å². The van der Waals surface area contributed by atoms with Gasteiger partial charge in [-0.05, 0) is 24.0 Å². The highest BCUT2D eigenvalue weighted by molar-refractivity contribution is 5.80. The van der Waals surface area contributed by atoms with E-state index in [2.05, 4.69) is 17.4 Å². The van der Waals surface area contributed by atoms with E-state index in [1.54, 1.807) is 0 Å². The molecule has 0 bridgehead atoms. The molecule has 2 saturated heterocycles. The van der Waals surface area contributed by atoms with Crippen LogP contribution in [0, 0.1) is 0 Å². The topological polar surface area (TPSA) is 58.4 Å². The molecule has 5 nitrogen and oxygen atoms in total. The van der Waals surface area contributed by atoms with Crippen LogP contribution in [-0.2, 0) is 22.4 Å². The fourth-order valence-electron chi connectivity index (χ4n) is 3.97. The van der Waals surface area contributed by atoms with Gasteiger partial charge in [0.25, 0.3) is 0 Å². The molecule has 134 valence electrons. The molecule has 0 radical (unpaired) electrons. The molecule has 0 aromatic heterocycles. The van der Waals surface area contributed by atoms with Crippen molar-refractivity contribution in [1.29, 1.82) is 0 Å². The molecular formula is C21H22N2O3. The summed E-state index contributed by atoms with van der Waals surface area (Å²) >= 11 is 0. The number of amides is 2. The normalized spacial score (nSPS) is 26.7. The van der Waals surface area contributed by atoms with Crippen molar-refractivity contribution in [1.82, 2.24) is 10.2 Å². The highest BCUT2D eigenvalue weighted by Gasteiger charge is 2.61. The second kappa shape index (κ2) is 6.83. The van der Waals surface area contributed by atoms with Gasteiger partial charge in [0, 0.05) is 6.92 Å². The molecule has 4 rings (SSSR count). The third kappa shape index (κ3) is 3.29. The number of nitrogens with one attached hydrogen (secondary N) is 1. The van der Waals surface area contributed by atoms with Gasteiger partial charge in [-0.3, -0.25) is 4.79 Å². The highest BCUT2D eigenvalue weighted by atomic mass is 16.5. The summed E-state index contributed by atoms with van der Waals surface area (Å²) in [7, 11) is 0. The number of hydrogen-bond acceptors (Lipinski definition) is 3. The number of benzene rings is 2. The summed E-state index contributed by atoms with van der Waals surface area (Å²) in [5.74, 6) is -0.311. The summed E-state index contributed by atoms with van der Waals surface area (Å²) in [6, 6.07) is 19.8. The number of urea groups is 1. The van der Waals surface area contributed by atoms with E-state index in [-0.39, 0.29) is 36.2 Å². The van der Waals surface area contributed by atoms with Crippen molar-refractivity contribution in [3.8, 4) is 0 Å². The summed E-state index contributed by atoms with van der Waals surface area (Å²) < 4.78 is 5.65. The van der Waals surface area contributed by atoms with Crippen LogP contribution in [0.25, 0.3) is 0 Å². The Morgan fingerprint density at radius 1 is 1.00 bits per heavy atom. The minimum Gasteiger partial charge on any atom is -0.458 e. The third-order valence-corrected chi connectivity index (χ3v) is 5.15. The first kappa shape index (κ1) is 16.6. The molecule has 2 aromatic carbocycles. The number of rotatable bonds is 5. The van der Waals surface area contributed by atoms with Crippen LogP contribution in [0.2, 0.25) is 0 Å². The van der Waals surface area contributed by atoms with Crippen LogP contribution in [-0.4, -0.2) is 41.1 Å². The van der Waals surface area contributed by atoms with Crippen LogP contribution >= 0.6 is 0 Å². The van der Waals surface area contributed by atoms with E-state index in [4.69, 9.17) is 4.74 Å². The Morgan fingerprint density at radius 2 is 1.58 bits per heavy atom. The zero-order chi connectivity index (χ0) is 18.1. The Hall–Kier alpha value is -2.82. The van der Waals surface area contributed by atoms with Crippen molar-refractivity contribution in [3.63, 3.8) is 0 Å². The smallest absolute Gasteiger partial charge is 0.318 e. The molecule has 26 heavy (non-hydrogen) atoms. The quantitative estimate of drug-likeness (QED) is 0.666. The summed E-state index contributed by atoms with van der Waals surface area (Å²) in [5.41, 5.74) is 2.30. The first-order chi connectivity index (χ1) is 12.6. The van der Waals surface area contributed by atoms with Gasteiger partial charge >= 0.3 is 12.0 Å². The molecule has 2 amide bonds. The van der Waals surface area contributed by atoms with Gasteiger partial charge in [-0.25, -0.2) is 4.79 Å². The molecule has 0 aliphatic carbocycles. The molecule has 4 atom stereocenters. The maximum atomic E-state index is 12.5. The molecule has 0 saturated carbocycles. The monoisotopic (exact) mass is 350 g/mol. The highest BCUT2D eigenvalue weighted by Crippen LogP contribution is 2.40. The van der Waals surface area contributed by atoms with Crippen molar-refractivity contribution in [3.05, 3.63) is 71.8 Å². The maximum absolute atomic E-state index is 12.5. The summed E-state index contributed by atoms with van der Waals surface area (Å²) in [6.45, 7) is 1.43. The van der Waals surface area contributed by atoms with Gasteiger partial charge in [-0.1, -0.05) is 60.7 Å². The fourth-order valence-corrected chi connectivity index (χ4v) is 3.97. The summed E-state index contributed by atoms with van der Waals surface area (Å²) in [5, 5.41) is 3.04. The third-order valence-electron chi connectivity index (χ3n) is 5.15. The molecule has 2 fully saturated rings. The van der Waals surface area contributed by atoms with Crippen LogP contribution in [0.1, 0.15) is 18.1 Å². The average Bonchev–Trinajstić information content (AvgIpc) is 3.34. The van der Waals surface area contributed by atoms with Gasteiger partial charge in [-0.15, -0.1) is 0 Å². The first-order valence-corrected chi connectivity index (χ1v) is 8.97. The SMILES string of the molecule is CC(=O)O[C@@H]1[C@H]2C(Cc3ccccc3)N2C(=O)N[C@@H]1Cc1ccccc1. The number of nitrogens with zero attached hydrogens (tertiary/aromatic N) is 1. The van der Waals surface area contributed by atoms with Crippen molar-refractivity contribution >= 4 is 12.0 Å². The number of ether oxygens (including phenoxy) is 1. The van der Waals surface area contributed by atoms with Gasteiger partial charge in [0.05, 0.1) is 18.1 Å². The van der Waals surface area contributed by atoms with E-state index in [0.717, 1.165) is 12.0 Å². The van der Waals surface area contributed by atoms with Gasteiger partial charge < -0.3 is 15.0 Å². The Labute approximate surface area is 153 Å². The van der Waals surface area contributed by atoms with E-state index >= 15 is 0 Å². The molecule has 1 unspecified atom stereocenters. The first-order valence-electron chi connectivity index (χ1n) is 8.97. The Morgan fingerprint density at radius 3 is 2.15 bits per heavy atom. The lowest BCUT2D eigenvalue weighted by Gasteiger charge is -2.31. The lowest BCUT2D eigenvalue weighted by Crippen LogP contribution is -2.55. The van der Waals surface area contributed by atoms with Gasteiger partial charge in [0.2, 0.25) is 0 Å². The lowest BCUT2D eigenvalue weighted by molar-refractivity contribution is -0.148.